The summed E-state index contributed by atoms with van der Waals surface area (Å²) in [5.41, 5.74) is 3.08. The van der Waals surface area contributed by atoms with Crippen molar-refractivity contribution in [3.63, 3.8) is 0 Å². The Balaban J connectivity index is 1.62. The maximum atomic E-state index is 12.6. The lowest BCUT2D eigenvalue weighted by Crippen LogP contribution is -2.59. The molecule has 0 saturated carbocycles. The van der Waals surface area contributed by atoms with E-state index in [-0.39, 0.29) is 38.5 Å². The van der Waals surface area contributed by atoms with Crippen LogP contribution in [-0.4, -0.2) is 55.5 Å². The van der Waals surface area contributed by atoms with Crippen molar-refractivity contribution in [1.29, 1.82) is 0 Å². The van der Waals surface area contributed by atoms with Crippen molar-refractivity contribution in [2.45, 2.75) is 31.2 Å². The van der Waals surface area contributed by atoms with Crippen LogP contribution in [0.15, 0.2) is 48.5 Å². The van der Waals surface area contributed by atoms with Crippen LogP contribution in [0.4, 0.5) is 4.79 Å². The van der Waals surface area contributed by atoms with Crippen LogP contribution < -0.4 is 10.6 Å². The summed E-state index contributed by atoms with van der Waals surface area (Å²) >= 11 is 0. The van der Waals surface area contributed by atoms with Crippen LogP contribution in [0.25, 0.3) is 11.1 Å². The van der Waals surface area contributed by atoms with E-state index in [0.717, 1.165) is 22.3 Å². The molecule has 8 nitrogen and oxygen atoms in total. The molecule has 2 aromatic carbocycles. The number of fused-ring (bicyclic) bond motifs is 3. The number of aliphatic carboxylic acids is 1. The molecule has 1 aliphatic carbocycles. The molecule has 3 N–H and O–H groups in total. The van der Waals surface area contributed by atoms with Gasteiger partial charge in [-0.2, -0.15) is 0 Å². The van der Waals surface area contributed by atoms with Gasteiger partial charge in [0.05, 0.1) is 6.61 Å². The molecule has 2 aromatic rings. The Labute approximate surface area is 186 Å². The van der Waals surface area contributed by atoms with Gasteiger partial charge in [0, 0.05) is 26.0 Å². The van der Waals surface area contributed by atoms with Gasteiger partial charge in [-0.15, -0.1) is 0 Å². The monoisotopic (exact) mass is 440 g/mol. The molecule has 0 saturated heterocycles. The molecule has 0 heterocycles. The van der Waals surface area contributed by atoms with Gasteiger partial charge in [-0.25, -0.2) is 4.79 Å². The number of methoxy groups -OCH3 is 1. The number of hydrogen-bond donors (Lipinski definition) is 3. The van der Waals surface area contributed by atoms with E-state index in [0.29, 0.717) is 0 Å². The van der Waals surface area contributed by atoms with Gasteiger partial charge in [0.1, 0.15) is 12.1 Å². The number of rotatable bonds is 10. The SMILES string of the molecule is COCC(C)(NC(=O)OCC1c2ccccc2-c2ccccc21)C(=O)NCCCC(=O)O. The fourth-order valence-corrected chi connectivity index (χ4v) is 3.94. The highest BCUT2D eigenvalue weighted by Gasteiger charge is 2.36. The Morgan fingerprint density at radius 2 is 1.62 bits per heavy atom. The van der Waals surface area contributed by atoms with Crippen LogP contribution in [0.1, 0.15) is 36.8 Å². The van der Waals surface area contributed by atoms with Crippen LogP contribution >= 0.6 is 0 Å². The van der Waals surface area contributed by atoms with E-state index in [4.69, 9.17) is 14.6 Å². The second-order valence-corrected chi connectivity index (χ2v) is 7.97. The second-order valence-electron chi connectivity index (χ2n) is 7.97. The normalized spacial score (nSPS) is 14.1. The third kappa shape index (κ3) is 5.26. The molecule has 1 unspecified atom stereocenters. The van der Waals surface area contributed by atoms with Crippen molar-refractivity contribution < 1.29 is 29.0 Å². The molecular weight excluding hydrogens is 412 g/mol. The number of carboxylic acids is 1. The predicted octanol–water partition coefficient (Wildman–Crippen LogP) is 2.91. The van der Waals surface area contributed by atoms with E-state index in [1.165, 1.54) is 14.0 Å². The summed E-state index contributed by atoms with van der Waals surface area (Å²) in [5, 5.41) is 13.9. The van der Waals surface area contributed by atoms with Gasteiger partial charge in [0.15, 0.2) is 0 Å². The number of alkyl carbamates (subject to hydrolysis) is 1. The van der Waals surface area contributed by atoms with Crippen molar-refractivity contribution in [2.75, 3.05) is 26.9 Å². The maximum Gasteiger partial charge on any atom is 0.408 e. The molecular formula is C24H28N2O6. The van der Waals surface area contributed by atoms with Crippen LogP contribution in [0.3, 0.4) is 0 Å². The minimum absolute atomic E-state index is 0.0545. The van der Waals surface area contributed by atoms with E-state index in [1.54, 1.807) is 0 Å². The van der Waals surface area contributed by atoms with E-state index >= 15 is 0 Å². The van der Waals surface area contributed by atoms with Crippen molar-refractivity contribution in [1.82, 2.24) is 10.6 Å². The average Bonchev–Trinajstić information content (AvgIpc) is 3.09. The molecule has 1 atom stereocenters. The quantitative estimate of drug-likeness (QED) is 0.490. The minimum Gasteiger partial charge on any atom is -0.481 e. The van der Waals surface area contributed by atoms with Crippen LogP contribution in [0, 0.1) is 0 Å². The van der Waals surface area contributed by atoms with Crippen molar-refractivity contribution in [3.05, 3.63) is 59.7 Å². The van der Waals surface area contributed by atoms with Gasteiger partial charge in [-0.3, -0.25) is 9.59 Å². The van der Waals surface area contributed by atoms with Gasteiger partial charge in [-0.1, -0.05) is 48.5 Å². The zero-order valence-corrected chi connectivity index (χ0v) is 18.2. The summed E-state index contributed by atoms with van der Waals surface area (Å²) in [6.07, 6.45) is -0.497. The molecule has 3 rings (SSSR count). The lowest BCUT2D eigenvalue weighted by atomic mass is 9.98. The number of amides is 2. The molecule has 0 spiro atoms. The predicted molar refractivity (Wildman–Crippen MR) is 118 cm³/mol. The summed E-state index contributed by atoms with van der Waals surface area (Å²) < 4.78 is 10.6. The molecule has 170 valence electrons. The first-order valence-corrected chi connectivity index (χ1v) is 10.5. The zero-order valence-electron chi connectivity index (χ0n) is 18.2. The Bertz CT molecular complexity index is 946. The van der Waals surface area contributed by atoms with E-state index < -0.39 is 23.5 Å². The van der Waals surface area contributed by atoms with Crippen molar-refractivity contribution in [3.8, 4) is 11.1 Å². The topological polar surface area (TPSA) is 114 Å². The van der Waals surface area contributed by atoms with Gasteiger partial charge < -0.3 is 25.2 Å². The molecule has 8 heteroatoms. The molecule has 32 heavy (non-hydrogen) atoms. The van der Waals surface area contributed by atoms with E-state index in [9.17, 15) is 14.4 Å². The second kappa shape index (κ2) is 10.3. The fraction of sp³-hybridized carbons (Fsp3) is 0.375. The Hall–Kier alpha value is -3.39. The number of carboxylic acid groups (broad SMARTS) is 1. The highest BCUT2D eigenvalue weighted by Crippen LogP contribution is 2.44. The number of carbonyl (C=O) groups is 3. The Morgan fingerprint density at radius 1 is 1.03 bits per heavy atom. The first kappa shape index (κ1) is 23.3. The third-order valence-corrected chi connectivity index (χ3v) is 5.51. The molecule has 0 aliphatic heterocycles. The Morgan fingerprint density at radius 3 is 2.19 bits per heavy atom. The molecule has 0 radical (unpaired) electrons. The highest BCUT2D eigenvalue weighted by atomic mass is 16.5. The third-order valence-electron chi connectivity index (χ3n) is 5.51. The van der Waals surface area contributed by atoms with Gasteiger partial charge in [0.2, 0.25) is 5.91 Å². The number of benzene rings is 2. The van der Waals surface area contributed by atoms with Gasteiger partial charge in [0.25, 0.3) is 0 Å². The summed E-state index contributed by atoms with van der Waals surface area (Å²) in [4.78, 5) is 35.8. The standard InChI is InChI=1S/C24H28N2O6/c1-24(15-31-2,22(29)25-13-7-12-21(27)28)26-23(30)32-14-20-18-10-5-3-8-16(18)17-9-4-6-11-19(17)20/h3-6,8-11,20H,7,12-15H2,1-2H3,(H,25,29)(H,26,30)(H,27,28). The number of ether oxygens (including phenoxy) is 2. The summed E-state index contributed by atoms with van der Waals surface area (Å²) in [6.45, 7) is 1.77. The zero-order chi connectivity index (χ0) is 23.1. The average molecular weight is 440 g/mol. The summed E-state index contributed by atoms with van der Waals surface area (Å²) in [5.74, 6) is -1.50. The van der Waals surface area contributed by atoms with E-state index in [1.807, 2.05) is 36.4 Å². The van der Waals surface area contributed by atoms with Crippen molar-refractivity contribution >= 4 is 18.0 Å². The largest absolute Gasteiger partial charge is 0.481 e. The van der Waals surface area contributed by atoms with Gasteiger partial charge in [-0.05, 0) is 35.6 Å². The molecule has 0 aromatic heterocycles. The maximum absolute atomic E-state index is 12.6. The van der Waals surface area contributed by atoms with Crippen LogP contribution in [-0.2, 0) is 19.1 Å². The number of hydrogen-bond acceptors (Lipinski definition) is 5. The molecule has 0 fully saturated rings. The molecule has 2 amide bonds. The van der Waals surface area contributed by atoms with E-state index in [2.05, 4.69) is 22.8 Å². The number of carbonyl (C=O) groups excluding carboxylic acids is 2. The minimum atomic E-state index is -1.36. The highest BCUT2D eigenvalue weighted by molar-refractivity contribution is 5.89. The Kier molecular flexibility index (Phi) is 7.48. The first-order valence-electron chi connectivity index (χ1n) is 10.5. The van der Waals surface area contributed by atoms with Crippen LogP contribution in [0.2, 0.25) is 0 Å². The number of nitrogens with one attached hydrogen (secondary N) is 2. The lowest BCUT2D eigenvalue weighted by Gasteiger charge is -2.28. The fourth-order valence-electron chi connectivity index (χ4n) is 3.94. The summed E-state index contributed by atoms with van der Waals surface area (Å²) in [7, 11) is 1.43. The van der Waals surface area contributed by atoms with Gasteiger partial charge >= 0.3 is 12.1 Å². The summed E-state index contributed by atoms with van der Waals surface area (Å²) in [6, 6.07) is 16.1. The lowest BCUT2D eigenvalue weighted by molar-refractivity contribution is -0.137. The first-order chi connectivity index (χ1) is 15.4. The molecule has 1 aliphatic rings. The molecule has 0 bridgehead atoms. The van der Waals surface area contributed by atoms with Crippen molar-refractivity contribution in [2.24, 2.45) is 0 Å². The smallest absolute Gasteiger partial charge is 0.408 e. The van der Waals surface area contributed by atoms with Crippen LogP contribution in [0.5, 0.6) is 0 Å².